The molecule has 1 fully saturated rings. The molecule has 1 aliphatic rings. The Morgan fingerprint density at radius 3 is 2.74 bits per heavy atom. The van der Waals surface area contributed by atoms with Gasteiger partial charge < -0.3 is 25.3 Å². The second kappa shape index (κ2) is 12.1. The van der Waals surface area contributed by atoms with Gasteiger partial charge in [0.05, 0.1) is 39.8 Å². The predicted molar refractivity (Wildman–Crippen MR) is 151 cm³/mol. The Kier molecular flexibility index (Phi) is 8.44. The van der Waals surface area contributed by atoms with Crippen LogP contribution in [0.5, 0.6) is 0 Å². The summed E-state index contributed by atoms with van der Waals surface area (Å²) in [6.07, 6.45) is 4.10. The quantitative estimate of drug-likeness (QED) is 0.235. The molecule has 3 heterocycles. The molecule has 2 aromatic heterocycles. The zero-order valence-electron chi connectivity index (χ0n) is 21.5. The van der Waals surface area contributed by atoms with E-state index in [1.807, 2.05) is 11.0 Å². The lowest BCUT2D eigenvalue weighted by molar-refractivity contribution is -0.121. The lowest BCUT2D eigenvalue weighted by Crippen LogP contribution is -2.28. The summed E-state index contributed by atoms with van der Waals surface area (Å²) in [5.74, 6) is 0.963. The summed E-state index contributed by atoms with van der Waals surface area (Å²) in [7, 11) is 1.59. The summed E-state index contributed by atoms with van der Waals surface area (Å²) < 4.78 is 5.01. The van der Waals surface area contributed by atoms with Crippen molar-refractivity contribution in [2.45, 2.75) is 31.7 Å². The van der Waals surface area contributed by atoms with Crippen LogP contribution >= 0.6 is 23.2 Å². The number of hydrogen-bond acceptors (Lipinski definition) is 7. The maximum atomic E-state index is 13.0. The molecule has 39 heavy (non-hydrogen) atoms. The van der Waals surface area contributed by atoms with Crippen LogP contribution in [0.3, 0.4) is 0 Å². The van der Waals surface area contributed by atoms with Gasteiger partial charge in [0, 0.05) is 43.6 Å². The van der Waals surface area contributed by atoms with Gasteiger partial charge in [-0.15, -0.1) is 0 Å². The second-order valence-corrected chi connectivity index (χ2v) is 10.3. The number of aromatic amines is 1. The highest BCUT2D eigenvalue weighted by molar-refractivity contribution is 6.35. The summed E-state index contributed by atoms with van der Waals surface area (Å²) in [5, 5.41) is 7.86. The third-order valence-corrected chi connectivity index (χ3v) is 7.29. The first-order valence-corrected chi connectivity index (χ1v) is 13.6. The number of imidazole rings is 1. The van der Waals surface area contributed by atoms with Crippen molar-refractivity contribution in [1.82, 2.24) is 30.2 Å². The largest absolute Gasteiger partial charge is 0.383 e. The highest BCUT2D eigenvalue weighted by atomic mass is 35.5. The predicted octanol–water partition coefficient (Wildman–Crippen LogP) is 4.74. The second-order valence-electron chi connectivity index (χ2n) is 9.43. The topological polar surface area (TPSA) is 125 Å². The molecule has 1 atom stereocenters. The molecule has 1 unspecified atom stereocenters. The van der Waals surface area contributed by atoms with Crippen molar-refractivity contribution in [2.75, 3.05) is 38.7 Å². The first-order chi connectivity index (χ1) is 18.9. The molecule has 3 N–H and O–H groups in total. The Morgan fingerprint density at radius 1 is 1.13 bits per heavy atom. The van der Waals surface area contributed by atoms with Crippen molar-refractivity contribution in [3.8, 4) is 0 Å². The molecule has 2 amide bonds. The molecule has 204 valence electrons. The number of H-pyrrole nitrogens is 1. The maximum absolute atomic E-state index is 13.0. The number of likely N-dealkylation sites (tertiary alicyclic amines) is 1. The molecule has 0 saturated carbocycles. The summed E-state index contributed by atoms with van der Waals surface area (Å²) in [5.41, 5.74) is 2.56. The monoisotopic (exact) mass is 569 g/mol. The number of benzene rings is 2. The minimum Gasteiger partial charge on any atom is -0.383 e. The van der Waals surface area contributed by atoms with Gasteiger partial charge in [0.25, 0.3) is 5.91 Å². The van der Waals surface area contributed by atoms with Gasteiger partial charge in [0.15, 0.2) is 0 Å². The van der Waals surface area contributed by atoms with Crippen molar-refractivity contribution >= 4 is 62.8 Å². The third kappa shape index (κ3) is 6.24. The van der Waals surface area contributed by atoms with Gasteiger partial charge in [-0.3, -0.25) is 9.59 Å². The van der Waals surface area contributed by atoms with Crippen molar-refractivity contribution in [3.05, 3.63) is 58.1 Å². The number of anilines is 1. The van der Waals surface area contributed by atoms with Crippen LogP contribution < -0.4 is 10.6 Å². The van der Waals surface area contributed by atoms with E-state index in [1.165, 1.54) is 6.33 Å². The SMILES string of the molecule is COCCNC(=O)CCC(Nc1ncnc2cc(C(=O)N3CCCC3)c(Cl)cc12)c1nc2cc(Cl)ccc2[nH]1. The Bertz CT molecular complexity index is 1500. The fourth-order valence-corrected chi connectivity index (χ4v) is 5.12. The molecule has 0 aliphatic carbocycles. The van der Waals surface area contributed by atoms with Gasteiger partial charge in [0.1, 0.15) is 18.0 Å². The third-order valence-electron chi connectivity index (χ3n) is 6.74. The Balaban J connectivity index is 1.44. The van der Waals surface area contributed by atoms with E-state index in [1.54, 1.807) is 31.4 Å². The average Bonchev–Trinajstić information content (AvgIpc) is 3.61. The molecule has 0 spiro atoms. The number of halogens is 2. The Morgan fingerprint density at radius 2 is 1.95 bits per heavy atom. The lowest BCUT2D eigenvalue weighted by Gasteiger charge is -2.19. The van der Waals surface area contributed by atoms with Crippen LogP contribution in [0.25, 0.3) is 21.9 Å². The molecule has 10 nitrogen and oxygen atoms in total. The van der Waals surface area contributed by atoms with Crippen molar-refractivity contribution in [2.24, 2.45) is 0 Å². The van der Waals surface area contributed by atoms with Gasteiger partial charge in [-0.2, -0.15) is 0 Å². The molecule has 5 rings (SSSR count). The van der Waals surface area contributed by atoms with E-state index in [0.717, 1.165) is 37.0 Å². The zero-order chi connectivity index (χ0) is 27.4. The molecule has 1 saturated heterocycles. The molecule has 4 aromatic rings. The standard InChI is InChI=1S/C27H29Cl2N7O3/c1-39-11-8-30-24(37)7-6-21(26-33-20-5-4-16(28)12-23(20)35-26)34-25-18-13-19(29)17(14-22(18)31-15-32-25)27(38)36-9-2-3-10-36/h4-5,12-15,21H,2-3,6-11H2,1H3,(H,30,37)(H,33,35)(H,31,32,34). The molecular weight excluding hydrogens is 541 g/mol. The molecular formula is C27H29Cl2N7O3. The number of aromatic nitrogens is 4. The van der Waals surface area contributed by atoms with E-state index in [9.17, 15) is 9.59 Å². The first-order valence-electron chi connectivity index (χ1n) is 12.8. The van der Waals surface area contributed by atoms with Gasteiger partial charge in [0.2, 0.25) is 5.91 Å². The van der Waals surface area contributed by atoms with E-state index >= 15 is 0 Å². The fourth-order valence-electron chi connectivity index (χ4n) is 4.71. The lowest BCUT2D eigenvalue weighted by atomic mass is 10.1. The Labute approximate surface area is 235 Å². The molecule has 0 bridgehead atoms. The number of fused-ring (bicyclic) bond motifs is 2. The van der Waals surface area contributed by atoms with Crippen LogP contribution in [0.15, 0.2) is 36.7 Å². The van der Waals surface area contributed by atoms with Gasteiger partial charge in [-0.1, -0.05) is 23.2 Å². The van der Waals surface area contributed by atoms with Crippen LogP contribution in [-0.4, -0.2) is 70.0 Å². The van der Waals surface area contributed by atoms with E-state index in [4.69, 9.17) is 32.9 Å². The molecule has 1 aliphatic heterocycles. The summed E-state index contributed by atoms with van der Waals surface area (Å²) >= 11 is 12.8. The van der Waals surface area contributed by atoms with Crippen LogP contribution in [0.1, 0.15) is 47.9 Å². The molecule has 12 heteroatoms. The van der Waals surface area contributed by atoms with Crippen molar-refractivity contribution < 1.29 is 14.3 Å². The van der Waals surface area contributed by atoms with E-state index in [2.05, 4.69) is 25.6 Å². The van der Waals surface area contributed by atoms with E-state index < -0.39 is 6.04 Å². The molecule has 0 radical (unpaired) electrons. The van der Waals surface area contributed by atoms with Gasteiger partial charge >= 0.3 is 0 Å². The van der Waals surface area contributed by atoms with E-state index in [-0.39, 0.29) is 18.2 Å². The van der Waals surface area contributed by atoms with Gasteiger partial charge in [-0.05, 0) is 49.6 Å². The number of nitrogens with one attached hydrogen (secondary N) is 3. The van der Waals surface area contributed by atoms with Crippen molar-refractivity contribution in [1.29, 1.82) is 0 Å². The summed E-state index contributed by atoms with van der Waals surface area (Å²) in [6, 6.07) is 8.47. The first kappa shape index (κ1) is 27.1. The fraction of sp³-hybridized carbons (Fsp3) is 0.370. The summed E-state index contributed by atoms with van der Waals surface area (Å²) in [6.45, 7) is 2.33. The number of carbonyl (C=O) groups excluding carboxylic acids is 2. The Hall–Kier alpha value is -3.47. The van der Waals surface area contributed by atoms with Gasteiger partial charge in [-0.25, -0.2) is 15.0 Å². The number of hydrogen-bond donors (Lipinski definition) is 3. The molecule has 2 aromatic carbocycles. The normalized spacial score (nSPS) is 14.2. The average molecular weight is 570 g/mol. The zero-order valence-corrected chi connectivity index (χ0v) is 23.0. The number of carbonyl (C=O) groups is 2. The number of methoxy groups -OCH3 is 1. The van der Waals surface area contributed by atoms with Crippen molar-refractivity contribution in [3.63, 3.8) is 0 Å². The number of ether oxygens (including phenoxy) is 1. The highest BCUT2D eigenvalue weighted by Gasteiger charge is 2.24. The number of rotatable bonds is 10. The maximum Gasteiger partial charge on any atom is 0.255 e. The smallest absolute Gasteiger partial charge is 0.255 e. The van der Waals surface area contributed by atoms with Crippen LogP contribution in [0.4, 0.5) is 5.82 Å². The van der Waals surface area contributed by atoms with Crippen LogP contribution in [-0.2, 0) is 9.53 Å². The van der Waals surface area contributed by atoms with Crippen LogP contribution in [0, 0.1) is 0 Å². The number of nitrogens with zero attached hydrogens (tertiary/aromatic N) is 4. The highest BCUT2D eigenvalue weighted by Crippen LogP contribution is 2.31. The minimum atomic E-state index is -0.396. The van der Waals surface area contributed by atoms with E-state index in [0.29, 0.717) is 57.7 Å². The van der Waals surface area contributed by atoms with Crippen LogP contribution in [0.2, 0.25) is 10.0 Å². The summed E-state index contributed by atoms with van der Waals surface area (Å²) in [4.78, 5) is 44.2. The number of amides is 2. The minimum absolute atomic E-state index is 0.0918.